The lowest BCUT2D eigenvalue weighted by Gasteiger charge is -2.39. The number of hydrogen-bond donors (Lipinski definition) is 5. The second-order valence-corrected chi connectivity index (χ2v) is 13.3. The van der Waals surface area contributed by atoms with Crippen LogP contribution in [0, 0.1) is 6.92 Å². The third-order valence-electron chi connectivity index (χ3n) is 6.73. The molecule has 1 saturated heterocycles. The van der Waals surface area contributed by atoms with Gasteiger partial charge in [0.1, 0.15) is 10.6 Å². The van der Waals surface area contributed by atoms with Crippen molar-refractivity contribution < 1.29 is 18.9 Å². The van der Waals surface area contributed by atoms with E-state index in [9.17, 15) is 9.11 Å². The third kappa shape index (κ3) is 5.37. The number of hydrogen-bond acceptors (Lipinski definition) is 10. The molecule has 5 N–H and O–H groups in total. The van der Waals surface area contributed by atoms with Gasteiger partial charge < -0.3 is 25.4 Å². The minimum atomic E-state index is -3.22. The molecule has 38 heavy (non-hydrogen) atoms. The number of aromatic nitrogens is 3. The van der Waals surface area contributed by atoms with E-state index >= 15 is 0 Å². The van der Waals surface area contributed by atoms with Gasteiger partial charge in [0, 0.05) is 35.8 Å². The summed E-state index contributed by atoms with van der Waals surface area (Å²) in [6.07, 6.45) is 1.23. The number of nitrogens with one attached hydrogen (secondary N) is 2. The standard InChI is InChI=1S/C25H32N6O4S3/c1-16-15-37-24(27-16)38(33,34)25(7-8-25)20-13-21(31-10-12-35-14-17(31)2)30-22(29-20)18-3-5-19(6-4-18)28-23(36)26-9-11-32/h3-6,13,15,17,32-34H,7-12,14H2,1-2H3,(H2,26,28,36)/t17-/m0/s1. The Morgan fingerprint density at radius 2 is 2.00 bits per heavy atom. The summed E-state index contributed by atoms with van der Waals surface area (Å²) < 4.78 is 28.1. The Balaban J connectivity index is 1.52. The van der Waals surface area contributed by atoms with Crippen molar-refractivity contribution >= 4 is 50.8 Å². The Bertz CT molecular complexity index is 1300. The monoisotopic (exact) mass is 576 g/mol. The molecule has 10 nitrogen and oxygen atoms in total. The molecule has 1 saturated carbocycles. The Hall–Kier alpha value is -2.39. The molecule has 0 bridgehead atoms. The van der Waals surface area contributed by atoms with Gasteiger partial charge in [0.2, 0.25) is 4.34 Å². The van der Waals surface area contributed by atoms with Gasteiger partial charge in [0.25, 0.3) is 0 Å². The molecule has 2 aromatic heterocycles. The second-order valence-electron chi connectivity index (χ2n) is 9.53. The maximum atomic E-state index is 11.5. The molecular formula is C25H32N6O4S3. The number of nitrogens with zero attached hydrogens (tertiary/aromatic N) is 4. The number of ether oxygens (including phenoxy) is 1. The fourth-order valence-electron chi connectivity index (χ4n) is 4.49. The van der Waals surface area contributed by atoms with Crippen molar-refractivity contribution in [3.05, 3.63) is 47.1 Å². The Kier molecular flexibility index (Phi) is 7.87. The molecule has 0 unspecified atom stereocenters. The number of aliphatic hydroxyl groups is 1. The van der Waals surface area contributed by atoms with Crippen LogP contribution >= 0.6 is 34.1 Å². The van der Waals surface area contributed by atoms with E-state index in [2.05, 4.69) is 27.4 Å². The van der Waals surface area contributed by atoms with E-state index in [1.165, 1.54) is 11.3 Å². The summed E-state index contributed by atoms with van der Waals surface area (Å²) in [7, 11) is -3.22. The molecule has 0 amide bonds. The second kappa shape index (κ2) is 11.0. The first-order valence-electron chi connectivity index (χ1n) is 12.4. The lowest BCUT2D eigenvalue weighted by atomic mass is 10.1. The van der Waals surface area contributed by atoms with E-state index in [0.717, 1.165) is 22.8 Å². The zero-order valence-corrected chi connectivity index (χ0v) is 23.7. The summed E-state index contributed by atoms with van der Waals surface area (Å²) in [4.78, 5) is 16.4. The maximum Gasteiger partial charge on any atom is 0.203 e. The number of aliphatic hydroxyl groups excluding tert-OH is 1. The van der Waals surface area contributed by atoms with Crippen LogP contribution in [0.5, 0.6) is 0 Å². The van der Waals surface area contributed by atoms with Crippen molar-refractivity contribution in [3.63, 3.8) is 0 Å². The summed E-state index contributed by atoms with van der Waals surface area (Å²) in [5, 5.41) is 17.2. The molecule has 1 aromatic carbocycles. The van der Waals surface area contributed by atoms with Gasteiger partial charge in [0.15, 0.2) is 10.9 Å². The van der Waals surface area contributed by atoms with Gasteiger partial charge in [-0.05, 0) is 63.2 Å². The summed E-state index contributed by atoms with van der Waals surface area (Å²) in [5.74, 6) is 1.26. The van der Waals surface area contributed by atoms with Crippen LogP contribution in [0.3, 0.4) is 0 Å². The number of thiocarbonyl (C=S) groups is 1. The van der Waals surface area contributed by atoms with Crippen LogP contribution in [0.4, 0.5) is 11.5 Å². The highest BCUT2D eigenvalue weighted by molar-refractivity contribution is 8.26. The van der Waals surface area contributed by atoms with Gasteiger partial charge in [-0.3, -0.25) is 9.11 Å². The average Bonchev–Trinajstić information content (AvgIpc) is 3.63. The predicted molar refractivity (Wildman–Crippen MR) is 155 cm³/mol. The van der Waals surface area contributed by atoms with Gasteiger partial charge in [-0.2, -0.15) is 0 Å². The van der Waals surface area contributed by atoms with E-state index in [1.54, 1.807) is 0 Å². The van der Waals surface area contributed by atoms with E-state index in [0.29, 0.717) is 60.1 Å². The third-order valence-corrected chi connectivity index (χ3v) is 11.0. The van der Waals surface area contributed by atoms with E-state index < -0.39 is 15.3 Å². The predicted octanol–water partition coefficient (Wildman–Crippen LogP) is 4.21. The van der Waals surface area contributed by atoms with Crippen molar-refractivity contribution in [3.8, 4) is 11.4 Å². The average molecular weight is 577 g/mol. The molecule has 2 fully saturated rings. The van der Waals surface area contributed by atoms with Gasteiger partial charge in [-0.25, -0.2) is 15.0 Å². The lowest BCUT2D eigenvalue weighted by molar-refractivity contribution is 0.0985. The van der Waals surface area contributed by atoms with Crippen molar-refractivity contribution in [1.29, 1.82) is 0 Å². The fourth-order valence-corrected chi connectivity index (χ4v) is 8.06. The van der Waals surface area contributed by atoms with Crippen LogP contribution in [0.1, 0.15) is 31.2 Å². The highest BCUT2D eigenvalue weighted by atomic mass is 32.3. The SMILES string of the molecule is Cc1csc(S(O)(O)C2(c3cc(N4CCOC[C@@H]4C)nc(-c4ccc(NC(=S)NCCO)cc4)n3)CC2)n1. The number of anilines is 2. The Morgan fingerprint density at radius 3 is 2.63 bits per heavy atom. The van der Waals surface area contributed by atoms with E-state index in [-0.39, 0.29) is 12.6 Å². The molecule has 1 atom stereocenters. The van der Waals surface area contributed by atoms with Crippen LogP contribution in [-0.4, -0.2) is 73.2 Å². The van der Waals surface area contributed by atoms with Gasteiger partial charge in [-0.15, -0.1) is 21.9 Å². The number of rotatable bonds is 8. The molecule has 2 aliphatic rings. The largest absolute Gasteiger partial charge is 0.395 e. The van der Waals surface area contributed by atoms with Gasteiger partial charge in [-0.1, -0.05) is 0 Å². The van der Waals surface area contributed by atoms with Crippen LogP contribution in [0.15, 0.2) is 40.1 Å². The van der Waals surface area contributed by atoms with Crippen LogP contribution < -0.4 is 15.5 Å². The van der Waals surface area contributed by atoms with Crippen LogP contribution in [0.2, 0.25) is 0 Å². The molecule has 1 aliphatic carbocycles. The van der Waals surface area contributed by atoms with Gasteiger partial charge >= 0.3 is 0 Å². The summed E-state index contributed by atoms with van der Waals surface area (Å²) in [6.45, 7) is 6.19. The van der Waals surface area contributed by atoms with Crippen molar-refractivity contribution in [2.45, 2.75) is 41.8 Å². The smallest absolute Gasteiger partial charge is 0.203 e. The van der Waals surface area contributed by atoms with Gasteiger partial charge in [0.05, 0.1) is 37.3 Å². The zero-order chi connectivity index (χ0) is 26.9. The number of thiazole rings is 1. The highest BCUT2D eigenvalue weighted by Gasteiger charge is 2.58. The molecule has 13 heteroatoms. The lowest BCUT2D eigenvalue weighted by Crippen LogP contribution is -2.44. The maximum absolute atomic E-state index is 11.5. The number of morpholine rings is 1. The fraction of sp³-hybridized carbons (Fsp3) is 0.440. The molecular weight excluding hydrogens is 545 g/mol. The summed E-state index contributed by atoms with van der Waals surface area (Å²) >= 11 is 6.53. The topological polar surface area (TPSA) is 136 Å². The highest BCUT2D eigenvalue weighted by Crippen LogP contribution is 2.75. The molecule has 204 valence electrons. The minimum absolute atomic E-state index is 0.00709. The van der Waals surface area contributed by atoms with E-state index in [1.807, 2.05) is 42.6 Å². The molecule has 1 aliphatic heterocycles. The normalized spacial score (nSPS) is 19.2. The molecule has 3 aromatic rings. The minimum Gasteiger partial charge on any atom is -0.395 e. The van der Waals surface area contributed by atoms with Crippen LogP contribution in [-0.2, 0) is 9.48 Å². The number of benzene rings is 1. The van der Waals surface area contributed by atoms with Crippen molar-refractivity contribution in [1.82, 2.24) is 20.3 Å². The number of aryl methyl sites for hydroxylation is 1. The molecule has 0 spiro atoms. The first-order chi connectivity index (χ1) is 18.2. The molecule has 0 radical (unpaired) electrons. The zero-order valence-electron chi connectivity index (χ0n) is 21.3. The quantitative estimate of drug-likeness (QED) is 0.247. The molecule has 5 rings (SSSR count). The van der Waals surface area contributed by atoms with Crippen molar-refractivity contribution in [2.75, 3.05) is 43.1 Å². The summed E-state index contributed by atoms with van der Waals surface area (Å²) in [6, 6.07) is 9.61. The summed E-state index contributed by atoms with van der Waals surface area (Å²) in [5.41, 5.74) is 2.98. The van der Waals surface area contributed by atoms with Crippen LogP contribution in [0.25, 0.3) is 11.4 Å². The first-order valence-corrected chi connectivity index (χ1v) is 15.3. The molecule has 3 heterocycles. The Labute approximate surface area is 232 Å². The Morgan fingerprint density at radius 1 is 1.24 bits per heavy atom. The van der Waals surface area contributed by atoms with Crippen molar-refractivity contribution in [2.24, 2.45) is 0 Å². The first kappa shape index (κ1) is 27.2. The van der Waals surface area contributed by atoms with E-state index in [4.69, 9.17) is 32.0 Å².